The lowest BCUT2D eigenvalue weighted by Gasteiger charge is -2.20. The lowest BCUT2D eigenvalue weighted by Crippen LogP contribution is -2.28. The molecule has 4 heteroatoms. The Morgan fingerprint density at radius 2 is 2.09 bits per heavy atom. The van der Waals surface area contributed by atoms with Crippen molar-refractivity contribution in [1.82, 2.24) is 15.8 Å². The standard InChI is InChI=1S/C19H27N3O/c1-15-10-11-20-21-19(15)17-6-8-18(9-7-17)23-14-4-13-22-12-3-5-16(22)2/h6-11,16,20-21H,3-5,12-14H2,1-2H3/t16-/m1/s1. The fraction of sp³-hybridized carbons (Fsp3) is 0.474. The SMILES string of the molecule is CC1=C(c2ccc(OCCCN3CCC[C@H]3C)cc2)NNC=C1. The summed E-state index contributed by atoms with van der Waals surface area (Å²) in [6.45, 7) is 7.61. The van der Waals surface area contributed by atoms with Crippen molar-refractivity contribution in [2.75, 3.05) is 19.7 Å². The van der Waals surface area contributed by atoms with E-state index in [9.17, 15) is 0 Å². The first-order valence-electron chi connectivity index (χ1n) is 8.60. The summed E-state index contributed by atoms with van der Waals surface area (Å²) >= 11 is 0. The summed E-state index contributed by atoms with van der Waals surface area (Å²) in [6.07, 6.45) is 7.74. The Hall–Kier alpha value is -1.94. The van der Waals surface area contributed by atoms with Gasteiger partial charge in [0.15, 0.2) is 0 Å². The van der Waals surface area contributed by atoms with E-state index in [0.29, 0.717) is 0 Å². The van der Waals surface area contributed by atoms with Crippen LogP contribution in [0, 0.1) is 0 Å². The van der Waals surface area contributed by atoms with Gasteiger partial charge in [-0.05, 0) is 81.1 Å². The molecule has 2 N–H and O–H groups in total. The molecule has 1 aromatic carbocycles. The normalized spacial score (nSPS) is 21.2. The minimum atomic E-state index is 0.747. The zero-order valence-electron chi connectivity index (χ0n) is 14.1. The quantitative estimate of drug-likeness (QED) is 0.790. The molecule has 3 rings (SSSR count). The Bertz CT molecular complexity index is 577. The van der Waals surface area contributed by atoms with Crippen LogP contribution in [-0.4, -0.2) is 30.6 Å². The monoisotopic (exact) mass is 313 g/mol. The third kappa shape index (κ3) is 4.08. The van der Waals surface area contributed by atoms with Gasteiger partial charge in [0.2, 0.25) is 0 Å². The summed E-state index contributed by atoms with van der Waals surface area (Å²) in [4.78, 5) is 2.57. The first-order valence-corrected chi connectivity index (χ1v) is 8.60. The van der Waals surface area contributed by atoms with Crippen LogP contribution in [0.25, 0.3) is 5.70 Å². The number of ether oxygens (including phenoxy) is 1. The van der Waals surface area contributed by atoms with Gasteiger partial charge >= 0.3 is 0 Å². The van der Waals surface area contributed by atoms with Crippen molar-refractivity contribution < 1.29 is 4.74 Å². The molecule has 4 nitrogen and oxygen atoms in total. The Labute approximate surface area is 139 Å². The second-order valence-corrected chi connectivity index (χ2v) is 6.41. The topological polar surface area (TPSA) is 36.5 Å². The van der Waals surface area contributed by atoms with Crippen molar-refractivity contribution in [2.45, 2.75) is 39.2 Å². The predicted octanol–water partition coefficient (Wildman–Crippen LogP) is 3.29. The highest BCUT2D eigenvalue weighted by atomic mass is 16.5. The Kier molecular flexibility index (Phi) is 5.23. The third-order valence-corrected chi connectivity index (χ3v) is 4.70. The van der Waals surface area contributed by atoms with Gasteiger partial charge < -0.3 is 20.5 Å². The highest BCUT2D eigenvalue weighted by Crippen LogP contribution is 2.21. The summed E-state index contributed by atoms with van der Waals surface area (Å²) in [5.74, 6) is 0.945. The number of hydrazine groups is 1. The number of hydrogen-bond donors (Lipinski definition) is 2. The van der Waals surface area contributed by atoms with Gasteiger partial charge in [-0.15, -0.1) is 0 Å². The van der Waals surface area contributed by atoms with Crippen LogP contribution in [0.5, 0.6) is 5.75 Å². The van der Waals surface area contributed by atoms with Gasteiger partial charge in [-0.2, -0.15) is 0 Å². The number of nitrogens with zero attached hydrogens (tertiary/aromatic N) is 1. The van der Waals surface area contributed by atoms with E-state index in [1.54, 1.807) is 0 Å². The number of allylic oxidation sites excluding steroid dienone is 2. The van der Waals surface area contributed by atoms with Crippen LogP contribution >= 0.6 is 0 Å². The van der Waals surface area contributed by atoms with Gasteiger partial charge in [0.25, 0.3) is 0 Å². The molecule has 0 aliphatic carbocycles. The molecular weight excluding hydrogens is 286 g/mol. The lowest BCUT2D eigenvalue weighted by atomic mass is 10.1. The fourth-order valence-electron chi connectivity index (χ4n) is 3.26. The van der Waals surface area contributed by atoms with E-state index in [2.05, 4.69) is 47.8 Å². The summed E-state index contributed by atoms with van der Waals surface area (Å²) in [7, 11) is 0. The Morgan fingerprint density at radius 1 is 1.26 bits per heavy atom. The average molecular weight is 313 g/mol. The van der Waals surface area contributed by atoms with E-state index >= 15 is 0 Å². The summed E-state index contributed by atoms with van der Waals surface area (Å²) < 4.78 is 5.88. The number of hydrogen-bond acceptors (Lipinski definition) is 4. The van der Waals surface area contributed by atoms with Crippen molar-refractivity contribution >= 4 is 5.70 Å². The molecule has 1 fully saturated rings. The number of nitrogens with one attached hydrogen (secondary N) is 2. The predicted molar refractivity (Wildman–Crippen MR) is 94.8 cm³/mol. The van der Waals surface area contributed by atoms with Gasteiger partial charge in [0, 0.05) is 18.8 Å². The van der Waals surface area contributed by atoms with E-state index in [1.807, 2.05) is 18.3 Å². The largest absolute Gasteiger partial charge is 0.494 e. The van der Waals surface area contributed by atoms with Crippen LogP contribution in [0.3, 0.4) is 0 Å². The van der Waals surface area contributed by atoms with Gasteiger partial charge in [0.05, 0.1) is 12.3 Å². The van der Waals surface area contributed by atoms with Crippen molar-refractivity contribution in [1.29, 1.82) is 0 Å². The minimum Gasteiger partial charge on any atom is -0.494 e. The third-order valence-electron chi connectivity index (χ3n) is 4.70. The molecule has 1 atom stereocenters. The molecule has 0 aromatic heterocycles. The van der Waals surface area contributed by atoms with Gasteiger partial charge in [-0.3, -0.25) is 0 Å². The highest BCUT2D eigenvalue weighted by Gasteiger charge is 2.19. The van der Waals surface area contributed by atoms with E-state index in [-0.39, 0.29) is 0 Å². The molecule has 124 valence electrons. The molecular formula is C19H27N3O. The van der Waals surface area contributed by atoms with Gasteiger partial charge in [-0.25, -0.2) is 0 Å². The van der Waals surface area contributed by atoms with Crippen LogP contribution in [0.15, 0.2) is 42.1 Å². The van der Waals surface area contributed by atoms with Crippen molar-refractivity contribution in [2.24, 2.45) is 0 Å². The molecule has 1 aromatic rings. The van der Waals surface area contributed by atoms with E-state index in [4.69, 9.17) is 4.74 Å². The smallest absolute Gasteiger partial charge is 0.119 e. The molecule has 23 heavy (non-hydrogen) atoms. The number of benzene rings is 1. The second-order valence-electron chi connectivity index (χ2n) is 6.41. The maximum absolute atomic E-state index is 5.88. The first kappa shape index (κ1) is 15.9. The summed E-state index contributed by atoms with van der Waals surface area (Å²) in [5.41, 5.74) is 9.71. The molecule has 0 unspecified atom stereocenters. The second kappa shape index (κ2) is 7.55. The molecule has 0 spiro atoms. The maximum atomic E-state index is 5.88. The van der Waals surface area contributed by atoms with Crippen LogP contribution in [0.1, 0.15) is 38.7 Å². The molecule has 0 bridgehead atoms. The zero-order chi connectivity index (χ0) is 16.1. The van der Waals surface area contributed by atoms with Crippen LogP contribution in [0.2, 0.25) is 0 Å². The van der Waals surface area contributed by atoms with Gasteiger partial charge in [0.1, 0.15) is 5.75 Å². The minimum absolute atomic E-state index is 0.747. The first-order chi connectivity index (χ1) is 11.2. The highest BCUT2D eigenvalue weighted by molar-refractivity contribution is 5.69. The van der Waals surface area contributed by atoms with E-state index in [0.717, 1.165) is 42.6 Å². The molecule has 2 aliphatic rings. The average Bonchev–Trinajstić information content (AvgIpc) is 2.98. The Balaban J connectivity index is 1.47. The van der Waals surface area contributed by atoms with Gasteiger partial charge in [-0.1, -0.05) is 0 Å². The molecule has 0 radical (unpaired) electrons. The Morgan fingerprint density at radius 3 is 2.78 bits per heavy atom. The summed E-state index contributed by atoms with van der Waals surface area (Å²) in [6, 6.07) is 9.05. The molecule has 1 saturated heterocycles. The van der Waals surface area contributed by atoms with Crippen molar-refractivity contribution in [3.8, 4) is 5.75 Å². The lowest BCUT2D eigenvalue weighted by molar-refractivity contribution is 0.230. The molecule has 0 amide bonds. The molecule has 0 saturated carbocycles. The fourth-order valence-corrected chi connectivity index (χ4v) is 3.26. The van der Waals surface area contributed by atoms with Crippen molar-refractivity contribution in [3.05, 3.63) is 47.7 Å². The maximum Gasteiger partial charge on any atom is 0.119 e. The van der Waals surface area contributed by atoms with Crippen LogP contribution in [-0.2, 0) is 0 Å². The van der Waals surface area contributed by atoms with E-state index < -0.39 is 0 Å². The molecule has 2 heterocycles. The van der Waals surface area contributed by atoms with Crippen LogP contribution in [0.4, 0.5) is 0 Å². The van der Waals surface area contributed by atoms with Crippen molar-refractivity contribution in [3.63, 3.8) is 0 Å². The zero-order valence-corrected chi connectivity index (χ0v) is 14.1. The number of rotatable bonds is 6. The molecule has 2 aliphatic heterocycles. The number of likely N-dealkylation sites (tertiary alicyclic amines) is 1. The summed E-state index contributed by atoms with van der Waals surface area (Å²) in [5, 5.41) is 0. The van der Waals surface area contributed by atoms with E-state index in [1.165, 1.54) is 25.0 Å². The van der Waals surface area contributed by atoms with Crippen LogP contribution < -0.4 is 15.6 Å².